The third kappa shape index (κ3) is 3.45. The number of ether oxygens (including phenoxy) is 1. The van der Waals surface area contributed by atoms with E-state index in [2.05, 4.69) is 10.3 Å². The third-order valence-electron chi connectivity index (χ3n) is 4.81. The summed E-state index contributed by atoms with van der Waals surface area (Å²) in [6.45, 7) is 3.47. The minimum atomic E-state index is -0.115. The molecule has 2 saturated heterocycles. The lowest BCUT2D eigenvalue weighted by Crippen LogP contribution is -2.51. The summed E-state index contributed by atoms with van der Waals surface area (Å²) in [6, 6.07) is 9.79. The second-order valence-electron chi connectivity index (χ2n) is 6.60. The zero-order chi connectivity index (χ0) is 17.9. The van der Waals surface area contributed by atoms with E-state index in [1.165, 1.54) is 0 Å². The molecule has 0 unspecified atom stereocenters. The van der Waals surface area contributed by atoms with Gasteiger partial charge in [-0.05, 0) is 5.56 Å². The van der Waals surface area contributed by atoms with Crippen molar-refractivity contribution in [3.63, 3.8) is 0 Å². The Bertz CT molecular complexity index is 779. The number of aromatic nitrogens is 3. The van der Waals surface area contributed by atoms with Gasteiger partial charge < -0.3 is 14.5 Å². The zero-order valence-electron chi connectivity index (χ0n) is 14.5. The van der Waals surface area contributed by atoms with Crippen molar-refractivity contribution in [3.8, 4) is 0 Å². The minimum Gasteiger partial charge on any atom is -0.378 e. The number of benzene rings is 1. The maximum Gasteiger partial charge on any atom is 0.276 e. The molecular formula is C18H21N5O3. The Morgan fingerprint density at radius 3 is 2.54 bits per heavy atom. The highest BCUT2D eigenvalue weighted by molar-refractivity contribution is 5.92. The van der Waals surface area contributed by atoms with Crippen LogP contribution in [-0.4, -0.2) is 76.0 Å². The van der Waals surface area contributed by atoms with Crippen molar-refractivity contribution >= 4 is 11.8 Å². The van der Waals surface area contributed by atoms with Gasteiger partial charge in [0.2, 0.25) is 5.91 Å². The molecule has 1 aromatic heterocycles. The summed E-state index contributed by atoms with van der Waals surface area (Å²) in [5.41, 5.74) is 1.36. The molecule has 0 saturated carbocycles. The van der Waals surface area contributed by atoms with Crippen LogP contribution in [0, 0.1) is 0 Å². The van der Waals surface area contributed by atoms with Crippen LogP contribution in [0.5, 0.6) is 0 Å². The van der Waals surface area contributed by atoms with Gasteiger partial charge in [0.25, 0.3) is 5.91 Å². The van der Waals surface area contributed by atoms with Gasteiger partial charge in [-0.2, -0.15) is 0 Å². The minimum absolute atomic E-state index is 0.0773. The maximum absolute atomic E-state index is 12.4. The van der Waals surface area contributed by atoms with Crippen molar-refractivity contribution < 1.29 is 14.3 Å². The van der Waals surface area contributed by atoms with Crippen LogP contribution in [0.15, 0.2) is 36.5 Å². The average molecular weight is 355 g/mol. The Labute approximate surface area is 151 Å². The van der Waals surface area contributed by atoms with E-state index < -0.39 is 0 Å². The van der Waals surface area contributed by atoms with Crippen LogP contribution in [0.3, 0.4) is 0 Å². The quantitative estimate of drug-likeness (QED) is 0.792. The molecule has 0 radical (unpaired) electrons. The summed E-state index contributed by atoms with van der Waals surface area (Å²) >= 11 is 0. The molecule has 0 bridgehead atoms. The molecule has 0 aliphatic carbocycles. The number of likely N-dealkylation sites (tertiary alicyclic amines) is 1. The number of hydrogen-bond donors (Lipinski definition) is 0. The number of carbonyl (C=O) groups is 2. The second-order valence-corrected chi connectivity index (χ2v) is 6.60. The molecule has 8 nitrogen and oxygen atoms in total. The Hall–Kier alpha value is -2.74. The summed E-state index contributed by atoms with van der Waals surface area (Å²) in [5, 5.41) is 8.09. The number of hydrogen-bond acceptors (Lipinski definition) is 5. The number of rotatable bonds is 4. The molecule has 2 aliphatic rings. The molecule has 2 aliphatic heterocycles. The zero-order valence-corrected chi connectivity index (χ0v) is 14.5. The molecule has 0 N–H and O–H groups in total. The van der Waals surface area contributed by atoms with Crippen LogP contribution in [0.25, 0.3) is 0 Å². The van der Waals surface area contributed by atoms with Crippen LogP contribution < -0.4 is 0 Å². The predicted molar refractivity (Wildman–Crippen MR) is 92.5 cm³/mol. The molecule has 2 aromatic rings. The molecular weight excluding hydrogens is 334 g/mol. The molecule has 2 amide bonds. The average Bonchev–Trinajstić information content (AvgIpc) is 3.11. The monoisotopic (exact) mass is 355 g/mol. The fourth-order valence-corrected chi connectivity index (χ4v) is 3.19. The Morgan fingerprint density at radius 1 is 1.08 bits per heavy atom. The molecule has 3 heterocycles. The number of nitrogens with zero attached hydrogens (tertiary/aromatic N) is 5. The normalized spacial score (nSPS) is 17.8. The van der Waals surface area contributed by atoms with E-state index in [0.29, 0.717) is 51.5 Å². The maximum atomic E-state index is 12.4. The lowest BCUT2D eigenvalue weighted by Gasteiger charge is -2.39. The summed E-state index contributed by atoms with van der Waals surface area (Å²) in [5.74, 6) is -0.00642. The number of carbonyl (C=O) groups excluding carboxylic acids is 2. The van der Waals surface area contributed by atoms with Crippen molar-refractivity contribution in [2.75, 3.05) is 39.4 Å². The molecule has 136 valence electrons. The lowest BCUT2D eigenvalue weighted by atomic mass is 10.1. The smallest absolute Gasteiger partial charge is 0.276 e. The van der Waals surface area contributed by atoms with Crippen LogP contribution >= 0.6 is 0 Å². The summed E-state index contributed by atoms with van der Waals surface area (Å²) in [4.78, 5) is 28.2. The SMILES string of the molecule is O=C(Cc1ccccc1)N1CC(n2cc(C(=O)N3CCOCC3)nn2)C1. The second kappa shape index (κ2) is 7.25. The first-order valence-electron chi connectivity index (χ1n) is 8.81. The van der Waals surface area contributed by atoms with Crippen molar-refractivity contribution in [2.45, 2.75) is 12.5 Å². The van der Waals surface area contributed by atoms with E-state index in [1.54, 1.807) is 15.8 Å². The molecule has 1 aromatic carbocycles. The number of amides is 2. The van der Waals surface area contributed by atoms with Crippen molar-refractivity contribution in [2.24, 2.45) is 0 Å². The standard InChI is InChI=1S/C18H21N5O3/c24-17(10-14-4-2-1-3-5-14)22-11-15(12-22)23-13-16(19-20-23)18(25)21-6-8-26-9-7-21/h1-5,13,15H,6-12H2. The summed E-state index contributed by atoms with van der Waals surface area (Å²) < 4.78 is 6.95. The Balaban J connectivity index is 1.31. The highest BCUT2D eigenvalue weighted by atomic mass is 16.5. The molecule has 2 fully saturated rings. The van der Waals surface area contributed by atoms with Crippen LogP contribution in [0.1, 0.15) is 22.1 Å². The molecule has 8 heteroatoms. The van der Waals surface area contributed by atoms with Crippen LogP contribution in [0.2, 0.25) is 0 Å². The molecule has 0 spiro atoms. The topological polar surface area (TPSA) is 80.6 Å². The highest BCUT2D eigenvalue weighted by Gasteiger charge is 2.33. The largest absolute Gasteiger partial charge is 0.378 e. The van der Waals surface area contributed by atoms with E-state index in [4.69, 9.17) is 4.74 Å². The van der Waals surface area contributed by atoms with Gasteiger partial charge >= 0.3 is 0 Å². The van der Waals surface area contributed by atoms with E-state index >= 15 is 0 Å². The van der Waals surface area contributed by atoms with Crippen molar-refractivity contribution in [1.29, 1.82) is 0 Å². The first kappa shape index (κ1) is 16.7. The molecule has 0 atom stereocenters. The van der Waals surface area contributed by atoms with E-state index in [9.17, 15) is 9.59 Å². The fourth-order valence-electron chi connectivity index (χ4n) is 3.19. The van der Waals surface area contributed by atoms with E-state index in [-0.39, 0.29) is 17.9 Å². The van der Waals surface area contributed by atoms with Gasteiger partial charge in [-0.1, -0.05) is 35.5 Å². The Kier molecular flexibility index (Phi) is 4.66. The lowest BCUT2D eigenvalue weighted by molar-refractivity contribution is -0.136. The first-order valence-corrected chi connectivity index (χ1v) is 8.81. The fraction of sp³-hybridized carbons (Fsp3) is 0.444. The van der Waals surface area contributed by atoms with Gasteiger partial charge in [0.15, 0.2) is 5.69 Å². The molecule has 4 rings (SSSR count). The van der Waals surface area contributed by atoms with Gasteiger partial charge in [0.1, 0.15) is 0 Å². The predicted octanol–water partition coefficient (Wildman–Crippen LogP) is 0.377. The van der Waals surface area contributed by atoms with E-state index in [1.807, 2.05) is 35.2 Å². The summed E-state index contributed by atoms with van der Waals surface area (Å²) in [6.07, 6.45) is 2.09. The van der Waals surface area contributed by atoms with Gasteiger partial charge in [0, 0.05) is 26.2 Å². The Morgan fingerprint density at radius 2 is 1.81 bits per heavy atom. The van der Waals surface area contributed by atoms with Gasteiger partial charge in [-0.3, -0.25) is 9.59 Å². The number of morpholine rings is 1. The highest BCUT2D eigenvalue weighted by Crippen LogP contribution is 2.21. The van der Waals surface area contributed by atoms with Gasteiger partial charge in [-0.15, -0.1) is 5.10 Å². The summed E-state index contributed by atoms with van der Waals surface area (Å²) in [7, 11) is 0. The van der Waals surface area contributed by atoms with Gasteiger partial charge in [-0.25, -0.2) is 4.68 Å². The van der Waals surface area contributed by atoms with Crippen LogP contribution in [-0.2, 0) is 16.0 Å². The molecule has 26 heavy (non-hydrogen) atoms. The third-order valence-corrected chi connectivity index (χ3v) is 4.81. The van der Waals surface area contributed by atoms with Gasteiger partial charge in [0.05, 0.1) is 31.9 Å². The van der Waals surface area contributed by atoms with Crippen molar-refractivity contribution in [1.82, 2.24) is 24.8 Å². The van der Waals surface area contributed by atoms with E-state index in [0.717, 1.165) is 5.56 Å². The van der Waals surface area contributed by atoms with Crippen LogP contribution in [0.4, 0.5) is 0 Å². The van der Waals surface area contributed by atoms with Crippen molar-refractivity contribution in [3.05, 3.63) is 47.8 Å². The first-order chi connectivity index (χ1) is 12.7.